The molecule has 70 valence electrons. The molecule has 0 aliphatic rings. The van der Waals surface area contributed by atoms with E-state index in [9.17, 15) is 4.39 Å². The topological polar surface area (TPSA) is 38.4 Å². The van der Waals surface area contributed by atoms with Crippen molar-refractivity contribution in [1.82, 2.24) is 0 Å². The maximum atomic E-state index is 13.3. The maximum Gasteiger partial charge on any atom is 0.153 e. The minimum atomic E-state index is -0.643. The fourth-order valence-corrected chi connectivity index (χ4v) is 1.71. The lowest BCUT2D eigenvalue weighted by molar-refractivity contribution is 0.625. The molecule has 1 aromatic carbocycles. The van der Waals surface area contributed by atoms with Gasteiger partial charge in [-0.2, -0.15) is 5.10 Å². The Morgan fingerprint density at radius 3 is 2.69 bits per heavy atom. The van der Waals surface area contributed by atoms with Crippen LogP contribution in [0.1, 0.15) is 5.56 Å². The molecule has 6 heteroatoms. The Morgan fingerprint density at radius 1 is 1.54 bits per heavy atom. The zero-order valence-corrected chi connectivity index (χ0v) is 9.29. The molecule has 0 fully saturated rings. The van der Waals surface area contributed by atoms with Crippen LogP contribution in [0.2, 0.25) is 10.0 Å². The van der Waals surface area contributed by atoms with Crippen molar-refractivity contribution >= 4 is 45.3 Å². The van der Waals surface area contributed by atoms with Gasteiger partial charge < -0.3 is 5.84 Å². The van der Waals surface area contributed by atoms with Gasteiger partial charge in [0.25, 0.3) is 0 Å². The van der Waals surface area contributed by atoms with Crippen LogP contribution in [0.15, 0.2) is 15.6 Å². The molecule has 0 bridgehead atoms. The Labute approximate surface area is 92.6 Å². The average Bonchev–Trinajstić information content (AvgIpc) is 2.09. The summed E-state index contributed by atoms with van der Waals surface area (Å²) in [6.45, 7) is 0. The highest BCUT2D eigenvalue weighted by Gasteiger charge is 2.13. The molecule has 0 heterocycles. The fourth-order valence-electron chi connectivity index (χ4n) is 0.773. The normalized spacial score (nSPS) is 11.1. The first-order chi connectivity index (χ1) is 6.07. The highest BCUT2D eigenvalue weighted by atomic mass is 79.9. The Bertz CT molecular complexity index is 368. The Morgan fingerprint density at radius 2 is 2.15 bits per heavy atom. The zero-order chi connectivity index (χ0) is 10.0. The van der Waals surface area contributed by atoms with Crippen LogP contribution in [-0.2, 0) is 0 Å². The Kier molecular flexibility index (Phi) is 3.53. The van der Waals surface area contributed by atoms with E-state index in [1.54, 1.807) is 0 Å². The molecule has 0 unspecified atom stereocenters. The molecule has 1 aromatic rings. The van der Waals surface area contributed by atoms with Crippen molar-refractivity contribution in [2.45, 2.75) is 0 Å². The molecule has 0 aliphatic heterocycles. The van der Waals surface area contributed by atoms with Gasteiger partial charge in [0.15, 0.2) is 5.82 Å². The number of rotatable bonds is 1. The number of benzene rings is 1. The van der Waals surface area contributed by atoms with E-state index in [2.05, 4.69) is 21.0 Å². The van der Waals surface area contributed by atoms with Crippen LogP contribution < -0.4 is 5.84 Å². The molecule has 13 heavy (non-hydrogen) atoms. The lowest BCUT2D eigenvalue weighted by atomic mass is 10.2. The van der Waals surface area contributed by atoms with Crippen molar-refractivity contribution < 1.29 is 4.39 Å². The van der Waals surface area contributed by atoms with E-state index in [0.29, 0.717) is 4.47 Å². The SMILES string of the molecule is NN=Cc1c(Cl)cc(Br)c(Cl)c1F. The van der Waals surface area contributed by atoms with Crippen LogP contribution in [-0.4, -0.2) is 6.21 Å². The molecule has 2 nitrogen and oxygen atoms in total. The van der Waals surface area contributed by atoms with E-state index in [1.807, 2.05) is 0 Å². The van der Waals surface area contributed by atoms with Gasteiger partial charge in [-0.25, -0.2) is 4.39 Å². The number of hydrogen-bond donors (Lipinski definition) is 1. The van der Waals surface area contributed by atoms with Gasteiger partial charge in [0.05, 0.1) is 21.8 Å². The second kappa shape index (κ2) is 4.26. The van der Waals surface area contributed by atoms with E-state index in [4.69, 9.17) is 29.0 Å². The molecule has 1 rings (SSSR count). The van der Waals surface area contributed by atoms with Gasteiger partial charge in [0.1, 0.15) is 0 Å². The second-order valence-corrected chi connectivity index (χ2v) is 3.80. The van der Waals surface area contributed by atoms with Gasteiger partial charge in [-0.05, 0) is 22.0 Å². The lowest BCUT2D eigenvalue weighted by Crippen LogP contribution is -1.94. The van der Waals surface area contributed by atoms with Crippen LogP contribution in [0, 0.1) is 5.82 Å². The smallest absolute Gasteiger partial charge is 0.153 e. The van der Waals surface area contributed by atoms with Crippen LogP contribution in [0.5, 0.6) is 0 Å². The molecule has 0 amide bonds. The summed E-state index contributed by atoms with van der Waals surface area (Å²) in [5.41, 5.74) is 0.0809. The summed E-state index contributed by atoms with van der Waals surface area (Å²) in [6, 6.07) is 1.48. The van der Waals surface area contributed by atoms with Gasteiger partial charge in [0.2, 0.25) is 0 Å². The van der Waals surface area contributed by atoms with Crippen molar-refractivity contribution in [3.8, 4) is 0 Å². The minimum absolute atomic E-state index is 0.0423. The quantitative estimate of drug-likeness (QED) is 0.278. The minimum Gasteiger partial charge on any atom is -0.323 e. The summed E-state index contributed by atoms with van der Waals surface area (Å²) >= 11 is 14.4. The highest BCUT2D eigenvalue weighted by molar-refractivity contribution is 9.10. The highest BCUT2D eigenvalue weighted by Crippen LogP contribution is 2.31. The fraction of sp³-hybridized carbons (Fsp3) is 0. The van der Waals surface area contributed by atoms with Crippen molar-refractivity contribution in [1.29, 1.82) is 0 Å². The van der Waals surface area contributed by atoms with Gasteiger partial charge in [-0.3, -0.25) is 0 Å². The van der Waals surface area contributed by atoms with Crippen molar-refractivity contribution in [3.05, 3.63) is 32.0 Å². The summed E-state index contributed by atoms with van der Waals surface area (Å²) < 4.78 is 13.7. The lowest BCUT2D eigenvalue weighted by Gasteiger charge is -2.03. The number of nitrogens with two attached hydrogens (primary N) is 1. The molecule has 0 saturated carbocycles. The maximum absolute atomic E-state index is 13.3. The number of nitrogens with zero attached hydrogens (tertiary/aromatic N) is 1. The number of hydrogen-bond acceptors (Lipinski definition) is 2. The molecule has 0 aliphatic carbocycles. The standard InChI is InChI=1S/C7H4BrCl2FN2/c8-4-1-5(9)3(2-13-12)7(11)6(4)10/h1-2H,12H2. The van der Waals surface area contributed by atoms with Crippen LogP contribution in [0.4, 0.5) is 4.39 Å². The van der Waals surface area contributed by atoms with Crippen molar-refractivity contribution in [2.24, 2.45) is 10.9 Å². The monoisotopic (exact) mass is 284 g/mol. The summed E-state index contributed by atoms with van der Waals surface area (Å²) in [4.78, 5) is 0. The number of hydrazone groups is 1. The van der Waals surface area contributed by atoms with Crippen LogP contribution >= 0.6 is 39.1 Å². The summed E-state index contributed by atoms with van der Waals surface area (Å²) in [7, 11) is 0. The van der Waals surface area contributed by atoms with E-state index < -0.39 is 5.82 Å². The van der Waals surface area contributed by atoms with Crippen LogP contribution in [0.3, 0.4) is 0 Å². The van der Waals surface area contributed by atoms with Crippen molar-refractivity contribution in [2.75, 3.05) is 0 Å². The van der Waals surface area contributed by atoms with E-state index in [1.165, 1.54) is 6.07 Å². The third-order valence-electron chi connectivity index (χ3n) is 1.35. The first kappa shape index (κ1) is 10.8. The van der Waals surface area contributed by atoms with Gasteiger partial charge in [-0.15, -0.1) is 0 Å². The largest absolute Gasteiger partial charge is 0.323 e. The molecule has 0 saturated heterocycles. The molecule has 2 N–H and O–H groups in total. The molecule has 0 spiro atoms. The number of halogens is 4. The van der Waals surface area contributed by atoms with E-state index in [0.717, 1.165) is 6.21 Å². The van der Waals surface area contributed by atoms with Gasteiger partial charge in [-0.1, -0.05) is 23.2 Å². The summed E-state index contributed by atoms with van der Waals surface area (Å²) in [5, 5.41) is 3.33. The first-order valence-corrected chi connectivity index (χ1v) is 4.69. The molecule has 0 radical (unpaired) electrons. The third kappa shape index (κ3) is 2.13. The molecule has 0 atom stereocenters. The Hall–Kier alpha value is -0.320. The summed E-state index contributed by atoms with van der Waals surface area (Å²) in [5.74, 6) is 4.23. The molecular weight excluding hydrogens is 282 g/mol. The van der Waals surface area contributed by atoms with E-state index in [-0.39, 0.29) is 15.6 Å². The molecular formula is C7H4BrCl2FN2. The van der Waals surface area contributed by atoms with Gasteiger partial charge >= 0.3 is 0 Å². The predicted octanol–water partition coefficient (Wildman–Crippen LogP) is 3.19. The van der Waals surface area contributed by atoms with Crippen molar-refractivity contribution in [3.63, 3.8) is 0 Å². The van der Waals surface area contributed by atoms with Crippen LogP contribution in [0.25, 0.3) is 0 Å². The second-order valence-electron chi connectivity index (χ2n) is 2.16. The summed E-state index contributed by atoms with van der Waals surface area (Å²) in [6.07, 6.45) is 1.11. The third-order valence-corrected chi connectivity index (χ3v) is 2.89. The molecule has 0 aromatic heterocycles. The first-order valence-electron chi connectivity index (χ1n) is 3.14. The van der Waals surface area contributed by atoms with Gasteiger partial charge in [0, 0.05) is 4.47 Å². The predicted molar refractivity (Wildman–Crippen MR) is 55.9 cm³/mol. The average molecular weight is 286 g/mol. The Balaban J connectivity index is 3.43. The van der Waals surface area contributed by atoms with E-state index >= 15 is 0 Å². The zero-order valence-electron chi connectivity index (χ0n) is 6.19.